The van der Waals surface area contributed by atoms with E-state index in [2.05, 4.69) is 29.3 Å². The van der Waals surface area contributed by atoms with Crippen LogP contribution in [0.1, 0.15) is 50.2 Å². The number of nitrogens with zero attached hydrogens (tertiary/aromatic N) is 2. The van der Waals surface area contributed by atoms with Crippen molar-refractivity contribution >= 4 is 12.1 Å². The number of fused-ring (bicyclic) bond motifs is 1. The van der Waals surface area contributed by atoms with Gasteiger partial charge in [-0.3, -0.25) is 0 Å². The molecule has 3 rings (SSSR count). The molecule has 3 heteroatoms. The van der Waals surface area contributed by atoms with E-state index in [1.54, 1.807) is 0 Å². The molecule has 0 bridgehead atoms. The van der Waals surface area contributed by atoms with Crippen molar-refractivity contribution in [1.82, 2.24) is 0 Å². The number of aliphatic imine (C=N–C) groups is 1. The molecule has 1 saturated carbocycles. The van der Waals surface area contributed by atoms with Crippen molar-refractivity contribution in [3.05, 3.63) is 41.0 Å². The first-order valence-electron chi connectivity index (χ1n) is 8.18. The number of hydrogen-bond acceptors (Lipinski definition) is 3. The largest absolute Gasteiger partial charge is 0.483 e. The molecule has 0 aliphatic heterocycles. The van der Waals surface area contributed by atoms with E-state index in [1.807, 2.05) is 13.0 Å². The molecule has 1 fully saturated rings. The molecule has 1 aromatic rings. The van der Waals surface area contributed by atoms with E-state index in [1.165, 1.54) is 31.2 Å². The van der Waals surface area contributed by atoms with Gasteiger partial charge < -0.3 is 4.74 Å². The SMILES string of the molecule is CCOC=NC1=C(C#N)C2(CCCCC2)Cc2ccccc21. The molecule has 114 valence electrons. The summed E-state index contributed by atoms with van der Waals surface area (Å²) in [6, 6.07) is 10.8. The van der Waals surface area contributed by atoms with Gasteiger partial charge in [-0.25, -0.2) is 4.99 Å². The molecular weight excluding hydrogens is 272 g/mol. The van der Waals surface area contributed by atoms with E-state index in [9.17, 15) is 5.26 Å². The van der Waals surface area contributed by atoms with Crippen LogP contribution in [0.2, 0.25) is 0 Å². The maximum Gasteiger partial charge on any atom is 0.174 e. The lowest BCUT2D eigenvalue weighted by Crippen LogP contribution is -2.32. The summed E-state index contributed by atoms with van der Waals surface area (Å²) in [4.78, 5) is 4.53. The van der Waals surface area contributed by atoms with Gasteiger partial charge in [0.25, 0.3) is 0 Å². The molecule has 0 saturated heterocycles. The zero-order valence-electron chi connectivity index (χ0n) is 13.1. The summed E-state index contributed by atoms with van der Waals surface area (Å²) in [5, 5.41) is 9.84. The highest BCUT2D eigenvalue weighted by Crippen LogP contribution is 2.51. The van der Waals surface area contributed by atoms with Crippen molar-refractivity contribution in [2.75, 3.05) is 6.61 Å². The van der Waals surface area contributed by atoms with Gasteiger partial charge in [-0.2, -0.15) is 5.26 Å². The number of nitriles is 1. The molecular formula is C19H22N2O. The Hall–Kier alpha value is -2.08. The Morgan fingerprint density at radius 3 is 2.77 bits per heavy atom. The highest BCUT2D eigenvalue weighted by atomic mass is 16.5. The Balaban J connectivity index is 2.13. The number of rotatable bonds is 3. The van der Waals surface area contributed by atoms with Crippen molar-refractivity contribution in [2.45, 2.75) is 45.4 Å². The van der Waals surface area contributed by atoms with Crippen molar-refractivity contribution in [2.24, 2.45) is 10.4 Å². The molecule has 1 aromatic carbocycles. The molecule has 0 amide bonds. The van der Waals surface area contributed by atoms with Crippen LogP contribution in [0.3, 0.4) is 0 Å². The predicted octanol–water partition coefficient (Wildman–Crippen LogP) is 4.49. The van der Waals surface area contributed by atoms with Gasteiger partial charge in [0.1, 0.15) is 0 Å². The second-order valence-corrected chi connectivity index (χ2v) is 6.20. The summed E-state index contributed by atoms with van der Waals surface area (Å²) in [7, 11) is 0. The molecule has 0 unspecified atom stereocenters. The monoisotopic (exact) mass is 294 g/mol. The summed E-state index contributed by atoms with van der Waals surface area (Å²) in [6.07, 6.45) is 8.34. The van der Waals surface area contributed by atoms with Gasteiger partial charge in [0.15, 0.2) is 6.40 Å². The average molecular weight is 294 g/mol. The average Bonchev–Trinajstić information content (AvgIpc) is 2.55. The molecule has 1 spiro atoms. The minimum absolute atomic E-state index is 0.0136. The molecule has 2 aliphatic rings. The summed E-state index contributed by atoms with van der Waals surface area (Å²) < 4.78 is 5.28. The van der Waals surface area contributed by atoms with Crippen LogP contribution in [-0.2, 0) is 11.2 Å². The Morgan fingerprint density at radius 2 is 2.05 bits per heavy atom. The minimum Gasteiger partial charge on any atom is -0.483 e. The highest BCUT2D eigenvalue weighted by Gasteiger charge is 2.41. The molecule has 0 radical (unpaired) electrons. The second kappa shape index (κ2) is 6.36. The number of ether oxygens (including phenoxy) is 1. The quantitative estimate of drug-likeness (QED) is 0.609. The maximum absolute atomic E-state index is 9.84. The lowest BCUT2D eigenvalue weighted by Gasteiger charge is -2.41. The van der Waals surface area contributed by atoms with E-state index in [-0.39, 0.29) is 5.41 Å². The van der Waals surface area contributed by atoms with Crippen LogP contribution in [0.5, 0.6) is 0 Å². The second-order valence-electron chi connectivity index (χ2n) is 6.20. The third kappa shape index (κ3) is 2.54. The third-order valence-electron chi connectivity index (χ3n) is 4.91. The Bertz CT molecular complexity index is 646. The van der Waals surface area contributed by atoms with Gasteiger partial charge in [-0.1, -0.05) is 43.5 Å². The van der Waals surface area contributed by atoms with E-state index >= 15 is 0 Å². The first-order chi connectivity index (χ1) is 10.8. The van der Waals surface area contributed by atoms with Gasteiger partial charge in [0.05, 0.1) is 23.9 Å². The molecule has 22 heavy (non-hydrogen) atoms. The van der Waals surface area contributed by atoms with E-state index < -0.39 is 0 Å². The van der Waals surface area contributed by atoms with E-state index in [4.69, 9.17) is 4.74 Å². The standard InChI is InChI=1S/C19H22N2O/c1-2-22-14-21-18-16-9-5-4-8-15(16)12-19(17(18)13-20)10-6-3-7-11-19/h4-5,8-9,14H,2-3,6-7,10-12H2,1H3. The Labute approximate surface area is 132 Å². The Morgan fingerprint density at radius 1 is 1.27 bits per heavy atom. The Kier molecular flexibility index (Phi) is 4.29. The molecule has 0 atom stereocenters. The first kappa shape index (κ1) is 14.8. The first-order valence-corrected chi connectivity index (χ1v) is 8.18. The molecule has 0 N–H and O–H groups in total. The van der Waals surface area contributed by atoms with E-state index in [0.29, 0.717) is 6.61 Å². The summed E-state index contributed by atoms with van der Waals surface area (Å²) in [5.74, 6) is 0. The maximum atomic E-state index is 9.84. The van der Waals surface area contributed by atoms with Crippen LogP contribution in [0.15, 0.2) is 34.8 Å². The minimum atomic E-state index is -0.0136. The smallest absolute Gasteiger partial charge is 0.174 e. The van der Waals surface area contributed by atoms with Crippen molar-refractivity contribution in [3.8, 4) is 6.07 Å². The lowest BCUT2D eigenvalue weighted by molar-refractivity contribution is 0.242. The van der Waals surface area contributed by atoms with E-state index in [0.717, 1.165) is 36.1 Å². The van der Waals surface area contributed by atoms with Crippen LogP contribution < -0.4 is 0 Å². The van der Waals surface area contributed by atoms with Gasteiger partial charge in [0.2, 0.25) is 0 Å². The van der Waals surface area contributed by atoms with Gasteiger partial charge >= 0.3 is 0 Å². The zero-order chi connectivity index (χ0) is 15.4. The molecule has 0 aromatic heterocycles. The van der Waals surface area contributed by atoms with Crippen LogP contribution in [0.25, 0.3) is 5.70 Å². The van der Waals surface area contributed by atoms with Gasteiger partial charge in [0, 0.05) is 11.0 Å². The van der Waals surface area contributed by atoms with Crippen LogP contribution in [0, 0.1) is 16.7 Å². The summed E-state index contributed by atoms with van der Waals surface area (Å²) >= 11 is 0. The van der Waals surface area contributed by atoms with Crippen LogP contribution in [0.4, 0.5) is 0 Å². The number of hydrogen-bond donors (Lipinski definition) is 0. The third-order valence-corrected chi connectivity index (χ3v) is 4.91. The van der Waals surface area contributed by atoms with Crippen LogP contribution >= 0.6 is 0 Å². The van der Waals surface area contributed by atoms with Crippen LogP contribution in [-0.4, -0.2) is 13.0 Å². The van der Waals surface area contributed by atoms with Crippen molar-refractivity contribution in [3.63, 3.8) is 0 Å². The molecule has 2 aliphatic carbocycles. The fourth-order valence-electron chi connectivity index (χ4n) is 3.87. The lowest BCUT2D eigenvalue weighted by atomic mass is 9.62. The van der Waals surface area contributed by atoms with Crippen molar-refractivity contribution in [1.29, 1.82) is 5.26 Å². The molecule has 0 heterocycles. The summed E-state index contributed by atoms with van der Waals surface area (Å²) in [5.41, 5.74) is 4.07. The molecule has 3 nitrogen and oxygen atoms in total. The van der Waals surface area contributed by atoms with Gasteiger partial charge in [-0.15, -0.1) is 0 Å². The topological polar surface area (TPSA) is 45.4 Å². The fourth-order valence-corrected chi connectivity index (χ4v) is 3.87. The summed E-state index contributed by atoms with van der Waals surface area (Å²) in [6.45, 7) is 2.52. The van der Waals surface area contributed by atoms with Gasteiger partial charge in [-0.05, 0) is 31.7 Å². The normalized spacial score (nSPS) is 20.0. The predicted molar refractivity (Wildman–Crippen MR) is 88.3 cm³/mol. The highest BCUT2D eigenvalue weighted by molar-refractivity contribution is 5.80. The van der Waals surface area contributed by atoms with Crippen molar-refractivity contribution < 1.29 is 4.74 Å². The zero-order valence-corrected chi connectivity index (χ0v) is 13.1. The number of allylic oxidation sites excluding steroid dienone is 1. The number of benzene rings is 1. The fraction of sp³-hybridized carbons (Fsp3) is 0.474.